The van der Waals surface area contributed by atoms with Gasteiger partial charge in [0.1, 0.15) is 0 Å². The number of rotatable bonds is 8. The molecule has 4 nitrogen and oxygen atoms in total. The van der Waals surface area contributed by atoms with Crippen molar-refractivity contribution in [2.75, 3.05) is 0 Å². The second kappa shape index (κ2) is 14.4. The van der Waals surface area contributed by atoms with Crippen molar-refractivity contribution in [1.29, 1.82) is 0 Å². The Hall–Kier alpha value is -6.74. The summed E-state index contributed by atoms with van der Waals surface area (Å²) in [5.74, 6) is 1.91. The summed E-state index contributed by atoms with van der Waals surface area (Å²) in [4.78, 5) is 14.6. The van der Waals surface area contributed by atoms with Gasteiger partial charge in [-0.15, -0.1) is 0 Å². The molecule has 0 bridgehead atoms. The predicted octanol–water partition coefficient (Wildman–Crippen LogP) is 11.0. The average Bonchev–Trinajstić information content (AvgIpc) is 3.27. The molecule has 1 aromatic heterocycles. The predicted molar refractivity (Wildman–Crippen MR) is 224 cm³/mol. The van der Waals surface area contributed by atoms with Crippen molar-refractivity contribution in [3.63, 3.8) is 0 Å². The highest BCUT2D eigenvalue weighted by molar-refractivity contribution is 7.85. The summed E-state index contributed by atoms with van der Waals surface area (Å²) in [5, 5.41) is 4.78. The fourth-order valence-corrected chi connectivity index (χ4v) is 9.67. The number of fused-ring (bicyclic) bond motifs is 1. The molecule has 0 atom stereocenters. The molecule has 256 valence electrons. The molecular formula is C49H34N3OP. The largest absolute Gasteiger partial charge is 0.309 e. The minimum atomic E-state index is -3.06. The molecule has 0 aliphatic carbocycles. The fourth-order valence-electron chi connectivity index (χ4n) is 7.03. The van der Waals surface area contributed by atoms with E-state index in [9.17, 15) is 4.57 Å². The summed E-state index contributed by atoms with van der Waals surface area (Å²) >= 11 is 0. The summed E-state index contributed by atoms with van der Waals surface area (Å²) in [6.07, 6.45) is 0. The van der Waals surface area contributed by atoms with Gasteiger partial charge in [0.05, 0.1) is 0 Å². The zero-order valence-corrected chi connectivity index (χ0v) is 30.2. The maximum absolute atomic E-state index is 14.9. The Balaban J connectivity index is 1.06. The van der Waals surface area contributed by atoms with Gasteiger partial charge in [0, 0.05) is 32.6 Å². The molecule has 0 aliphatic rings. The van der Waals surface area contributed by atoms with E-state index >= 15 is 0 Å². The number of hydrogen-bond donors (Lipinski definition) is 0. The first-order valence-corrected chi connectivity index (χ1v) is 19.7. The third-order valence-electron chi connectivity index (χ3n) is 9.84. The first-order valence-electron chi connectivity index (χ1n) is 18.0. The van der Waals surface area contributed by atoms with Crippen LogP contribution in [0.2, 0.25) is 0 Å². The molecule has 0 amide bonds. The zero-order valence-electron chi connectivity index (χ0n) is 29.3. The lowest BCUT2D eigenvalue weighted by atomic mass is 9.94. The third kappa shape index (κ3) is 6.34. The topological polar surface area (TPSA) is 55.7 Å². The first kappa shape index (κ1) is 33.1. The lowest BCUT2D eigenvalue weighted by Gasteiger charge is -2.20. The van der Waals surface area contributed by atoms with Crippen molar-refractivity contribution in [2.24, 2.45) is 0 Å². The van der Waals surface area contributed by atoms with Crippen LogP contribution in [0.25, 0.3) is 67.2 Å². The van der Waals surface area contributed by atoms with Gasteiger partial charge < -0.3 is 4.57 Å². The van der Waals surface area contributed by atoms with E-state index in [0.717, 1.165) is 65.6 Å². The molecule has 5 heteroatoms. The third-order valence-corrected chi connectivity index (χ3v) is 12.9. The molecule has 0 fully saturated rings. The van der Waals surface area contributed by atoms with E-state index in [1.54, 1.807) is 0 Å². The van der Waals surface area contributed by atoms with E-state index in [4.69, 9.17) is 15.0 Å². The minimum absolute atomic E-state index is 0.627. The zero-order chi connectivity index (χ0) is 36.3. The first-order chi connectivity index (χ1) is 26.6. The summed E-state index contributed by atoms with van der Waals surface area (Å²) in [6, 6.07) is 69.4. The number of nitrogens with zero attached hydrogens (tertiary/aromatic N) is 3. The van der Waals surface area contributed by atoms with Gasteiger partial charge in [0.2, 0.25) is 0 Å². The van der Waals surface area contributed by atoms with Gasteiger partial charge in [-0.2, -0.15) is 0 Å². The normalized spacial score (nSPS) is 11.4. The molecule has 8 aromatic carbocycles. The van der Waals surface area contributed by atoms with Crippen LogP contribution in [0, 0.1) is 0 Å². The van der Waals surface area contributed by atoms with Crippen LogP contribution in [0.1, 0.15) is 0 Å². The Morgan fingerprint density at radius 3 is 1.24 bits per heavy atom. The minimum Gasteiger partial charge on any atom is -0.309 e. The SMILES string of the molecule is O=P(c1ccccc1)(c1ccccc1)c1ccc(-c2cccc3ccc(-c4ccc(-c5nc(-c6ccccc6)nc(-c6ccccc6)n5)cc4)cc23)cc1. The fraction of sp³-hybridized carbons (Fsp3) is 0. The smallest absolute Gasteiger partial charge is 0.171 e. The highest BCUT2D eigenvalue weighted by Crippen LogP contribution is 2.43. The monoisotopic (exact) mass is 711 g/mol. The number of aromatic nitrogens is 3. The van der Waals surface area contributed by atoms with Gasteiger partial charge in [-0.05, 0) is 39.1 Å². The van der Waals surface area contributed by atoms with E-state index in [2.05, 4.69) is 72.8 Å². The van der Waals surface area contributed by atoms with Crippen molar-refractivity contribution in [3.8, 4) is 56.4 Å². The summed E-state index contributed by atoms with van der Waals surface area (Å²) < 4.78 is 14.9. The maximum Gasteiger partial charge on any atom is 0.171 e. The van der Waals surface area contributed by atoms with Crippen LogP contribution < -0.4 is 15.9 Å². The maximum atomic E-state index is 14.9. The molecule has 0 spiro atoms. The van der Waals surface area contributed by atoms with Crippen molar-refractivity contribution in [3.05, 3.63) is 206 Å². The Morgan fingerprint density at radius 1 is 0.315 bits per heavy atom. The molecule has 1 heterocycles. The second-order valence-corrected chi connectivity index (χ2v) is 16.0. The summed E-state index contributed by atoms with van der Waals surface area (Å²) in [7, 11) is -3.06. The van der Waals surface area contributed by atoms with E-state index < -0.39 is 7.14 Å². The molecular weight excluding hydrogens is 678 g/mol. The summed E-state index contributed by atoms with van der Waals surface area (Å²) in [5.41, 5.74) is 7.21. The van der Waals surface area contributed by atoms with E-state index in [-0.39, 0.29) is 0 Å². The van der Waals surface area contributed by atoms with Gasteiger partial charge in [0.25, 0.3) is 0 Å². The van der Waals surface area contributed by atoms with Crippen molar-refractivity contribution in [1.82, 2.24) is 15.0 Å². The van der Waals surface area contributed by atoms with Crippen molar-refractivity contribution < 1.29 is 4.57 Å². The quantitative estimate of drug-likeness (QED) is 0.147. The van der Waals surface area contributed by atoms with Gasteiger partial charge in [-0.25, -0.2) is 15.0 Å². The van der Waals surface area contributed by atoms with Gasteiger partial charge >= 0.3 is 0 Å². The van der Waals surface area contributed by atoms with Gasteiger partial charge in [0.15, 0.2) is 24.6 Å². The molecule has 0 saturated carbocycles. The van der Waals surface area contributed by atoms with Crippen LogP contribution in [-0.4, -0.2) is 15.0 Å². The number of benzene rings is 8. The van der Waals surface area contributed by atoms with E-state index in [1.807, 2.05) is 133 Å². The molecule has 0 saturated heterocycles. The lowest BCUT2D eigenvalue weighted by Crippen LogP contribution is -2.24. The Labute approximate surface area is 314 Å². The summed E-state index contributed by atoms with van der Waals surface area (Å²) in [6.45, 7) is 0. The molecule has 0 radical (unpaired) electrons. The molecule has 9 rings (SSSR count). The highest BCUT2D eigenvalue weighted by atomic mass is 31.2. The van der Waals surface area contributed by atoms with Crippen LogP contribution in [0.5, 0.6) is 0 Å². The molecule has 54 heavy (non-hydrogen) atoms. The molecule has 0 unspecified atom stereocenters. The van der Waals surface area contributed by atoms with Crippen LogP contribution in [0.3, 0.4) is 0 Å². The number of hydrogen-bond acceptors (Lipinski definition) is 4. The van der Waals surface area contributed by atoms with Gasteiger partial charge in [-0.3, -0.25) is 0 Å². The van der Waals surface area contributed by atoms with Crippen LogP contribution in [-0.2, 0) is 4.57 Å². The molecule has 0 N–H and O–H groups in total. The highest BCUT2D eigenvalue weighted by Gasteiger charge is 2.29. The standard InChI is InChI=1S/C49H34N3OP/c53-54(42-19-9-3-10-20-42,43-21-11-4-12-22-43)44-32-30-37(31-33-44)45-23-13-18-36-26-29-41(34-46(36)45)35-24-27-40(28-25-35)49-51-47(38-14-5-1-6-15-38)50-48(52-49)39-16-7-2-8-17-39/h1-34H. The Morgan fingerprint density at radius 2 is 0.722 bits per heavy atom. The second-order valence-electron chi connectivity index (χ2n) is 13.2. The lowest BCUT2D eigenvalue weighted by molar-refractivity contribution is 0.592. The van der Waals surface area contributed by atoms with Crippen LogP contribution in [0.4, 0.5) is 0 Å². The molecule has 0 aliphatic heterocycles. The molecule has 9 aromatic rings. The average molecular weight is 712 g/mol. The van der Waals surface area contributed by atoms with Crippen LogP contribution in [0.15, 0.2) is 206 Å². The Bertz CT molecular complexity index is 2650. The van der Waals surface area contributed by atoms with E-state index in [1.165, 1.54) is 0 Å². The van der Waals surface area contributed by atoms with Crippen LogP contribution >= 0.6 is 7.14 Å². The van der Waals surface area contributed by atoms with Gasteiger partial charge in [-0.1, -0.05) is 200 Å². The van der Waals surface area contributed by atoms with Crippen molar-refractivity contribution in [2.45, 2.75) is 0 Å². The Kier molecular flexibility index (Phi) is 8.80. The van der Waals surface area contributed by atoms with Crippen molar-refractivity contribution >= 4 is 33.8 Å². The van der Waals surface area contributed by atoms with E-state index in [0.29, 0.717) is 17.5 Å².